The predicted molar refractivity (Wildman–Crippen MR) is 87.1 cm³/mol. The molecule has 118 valence electrons. The molecule has 3 aromatic rings. The molecule has 1 aromatic carbocycles. The number of ether oxygens (including phenoxy) is 2. The Labute approximate surface area is 134 Å². The molecule has 0 spiro atoms. The third-order valence-electron chi connectivity index (χ3n) is 4.03. The van der Waals surface area contributed by atoms with Crippen LogP contribution in [0, 0.1) is 0 Å². The highest BCUT2D eigenvalue weighted by molar-refractivity contribution is 5.63. The van der Waals surface area contributed by atoms with Crippen molar-refractivity contribution < 1.29 is 9.47 Å². The first-order chi connectivity index (χ1) is 11.2. The van der Waals surface area contributed by atoms with Crippen molar-refractivity contribution in [3.05, 3.63) is 48.5 Å². The zero-order valence-corrected chi connectivity index (χ0v) is 13.1. The quantitative estimate of drug-likeness (QED) is 0.744. The Morgan fingerprint density at radius 3 is 3.13 bits per heavy atom. The fourth-order valence-electron chi connectivity index (χ4n) is 2.97. The van der Waals surface area contributed by atoms with Gasteiger partial charge in [0.2, 0.25) is 5.78 Å². The Morgan fingerprint density at radius 1 is 1.35 bits per heavy atom. The molecule has 0 radical (unpaired) electrons. The van der Waals surface area contributed by atoms with Crippen molar-refractivity contribution in [2.45, 2.75) is 19.6 Å². The molecule has 0 amide bonds. The average Bonchev–Trinajstić information content (AvgIpc) is 2.98. The lowest BCUT2D eigenvalue weighted by atomic mass is 10.2. The second-order valence-electron chi connectivity index (χ2n) is 5.68. The van der Waals surface area contributed by atoms with Gasteiger partial charge in [0.25, 0.3) is 0 Å². The van der Waals surface area contributed by atoms with Crippen LogP contribution in [0.25, 0.3) is 5.78 Å². The van der Waals surface area contributed by atoms with Crippen LogP contribution < -0.4 is 14.4 Å². The highest BCUT2D eigenvalue weighted by Gasteiger charge is 2.24. The van der Waals surface area contributed by atoms with Gasteiger partial charge in [0.15, 0.2) is 0 Å². The molecule has 3 heterocycles. The minimum Gasteiger partial charge on any atom is -0.497 e. The van der Waals surface area contributed by atoms with Gasteiger partial charge in [-0.3, -0.25) is 4.40 Å². The number of nitrogens with zero attached hydrogens (tertiary/aromatic N) is 4. The standard InChI is InChI=1S/C17H18N4O2/c1-12-10-20(15-8-14(22-2)4-5-16(15)23-12)11-13-9-19-17-18-6-3-7-21(13)17/h3-9,12H,10-11H2,1-2H3. The lowest BCUT2D eigenvalue weighted by Gasteiger charge is -2.35. The van der Waals surface area contributed by atoms with E-state index >= 15 is 0 Å². The largest absolute Gasteiger partial charge is 0.497 e. The first kappa shape index (κ1) is 13.9. The maximum atomic E-state index is 5.94. The van der Waals surface area contributed by atoms with Crippen molar-refractivity contribution in [2.75, 3.05) is 18.6 Å². The summed E-state index contributed by atoms with van der Waals surface area (Å²) in [6.07, 6.45) is 5.75. The van der Waals surface area contributed by atoms with Crippen LogP contribution in [0.5, 0.6) is 11.5 Å². The number of methoxy groups -OCH3 is 1. The van der Waals surface area contributed by atoms with Crippen molar-refractivity contribution in [3.8, 4) is 11.5 Å². The molecule has 0 N–H and O–H groups in total. The number of imidazole rings is 1. The second kappa shape index (κ2) is 5.46. The van der Waals surface area contributed by atoms with Crippen LogP contribution in [-0.2, 0) is 6.54 Å². The van der Waals surface area contributed by atoms with Crippen LogP contribution in [0.1, 0.15) is 12.6 Å². The summed E-state index contributed by atoms with van der Waals surface area (Å²) in [5.41, 5.74) is 2.14. The second-order valence-corrected chi connectivity index (χ2v) is 5.68. The summed E-state index contributed by atoms with van der Waals surface area (Å²) in [6.45, 7) is 3.63. The first-order valence-corrected chi connectivity index (χ1v) is 7.61. The Morgan fingerprint density at radius 2 is 2.26 bits per heavy atom. The Kier molecular flexibility index (Phi) is 3.29. The number of aromatic nitrogens is 3. The van der Waals surface area contributed by atoms with Gasteiger partial charge in [-0.25, -0.2) is 9.97 Å². The molecule has 0 fully saturated rings. The number of hydrogen-bond donors (Lipinski definition) is 0. The van der Waals surface area contributed by atoms with E-state index in [1.54, 1.807) is 13.3 Å². The van der Waals surface area contributed by atoms with Crippen molar-refractivity contribution in [2.24, 2.45) is 0 Å². The summed E-state index contributed by atoms with van der Waals surface area (Å²) in [5, 5.41) is 0. The molecular weight excluding hydrogens is 292 g/mol. The van der Waals surface area contributed by atoms with E-state index in [0.29, 0.717) is 0 Å². The molecule has 1 unspecified atom stereocenters. The molecule has 0 saturated heterocycles. The Balaban J connectivity index is 1.72. The van der Waals surface area contributed by atoms with Gasteiger partial charge in [-0.1, -0.05) is 0 Å². The summed E-state index contributed by atoms with van der Waals surface area (Å²) < 4.78 is 13.3. The van der Waals surface area contributed by atoms with Crippen LogP contribution in [0.15, 0.2) is 42.9 Å². The maximum Gasteiger partial charge on any atom is 0.233 e. The van der Waals surface area contributed by atoms with Crippen molar-refractivity contribution in [1.82, 2.24) is 14.4 Å². The molecule has 1 atom stereocenters. The minimum atomic E-state index is 0.133. The van der Waals surface area contributed by atoms with Crippen molar-refractivity contribution in [1.29, 1.82) is 0 Å². The SMILES string of the molecule is COc1ccc2c(c1)N(Cc1cnc3ncccn13)CC(C)O2. The van der Waals surface area contributed by atoms with E-state index in [-0.39, 0.29) is 6.10 Å². The van der Waals surface area contributed by atoms with Gasteiger partial charge in [0.1, 0.15) is 17.6 Å². The van der Waals surface area contributed by atoms with E-state index < -0.39 is 0 Å². The van der Waals surface area contributed by atoms with E-state index in [0.717, 1.165) is 41.7 Å². The summed E-state index contributed by atoms with van der Waals surface area (Å²) >= 11 is 0. The molecule has 23 heavy (non-hydrogen) atoms. The summed E-state index contributed by atoms with van der Waals surface area (Å²) in [4.78, 5) is 10.9. The van der Waals surface area contributed by atoms with Crippen LogP contribution in [-0.4, -0.2) is 34.1 Å². The van der Waals surface area contributed by atoms with Crippen molar-refractivity contribution >= 4 is 11.5 Å². The number of benzene rings is 1. The molecule has 6 nitrogen and oxygen atoms in total. The van der Waals surface area contributed by atoms with Gasteiger partial charge in [0.05, 0.1) is 37.8 Å². The fourth-order valence-corrected chi connectivity index (χ4v) is 2.97. The third-order valence-corrected chi connectivity index (χ3v) is 4.03. The van der Waals surface area contributed by atoms with Crippen LogP contribution in [0.2, 0.25) is 0 Å². The Bertz CT molecular complexity index is 845. The number of hydrogen-bond acceptors (Lipinski definition) is 5. The zero-order chi connectivity index (χ0) is 15.8. The molecule has 0 aliphatic carbocycles. The minimum absolute atomic E-state index is 0.133. The molecule has 4 rings (SSSR count). The molecule has 1 aliphatic rings. The monoisotopic (exact) mass is 310 g/mol. The van der Waals surface area contributed by atoms with E-state index in [1.165, 1.54) is 0 Å². The number of rotatable bonds is 3. The van der Waals surface area contributed by atoms with Crippen molar-refractivity contribution in [3.63, 3.8) is 0 Å². The smallest absolute Gasteiger partial charge is 0.233 e. The topological polar surface area (TPSA) is 51.9 Å². The molecular formula is C17H18N4O2. The fraction of sp³-hybridized carbons (Fsp3) is 0.294. The molecule has 1 aliphatic heterocycles. The van der Waals surface area contributed by atoms with E-state index in [1.807, 2.05) is 41.1 Å². The van der Waals surface area contributed by atoms with Gasteiger partial charge < -0.3 is 14.4 Å². The van der Waals surface area contributed by atoms with Crippen LogP contribution in [0.3, 0.4) is 0 Å². The van der Waals surface area contributed by atoms with E-state index in [9.17, 15) is 0 Å². The summed E-state index contributed by atoms with van der Waals surface area (Å²) in [5.74, 6) is 2.43. The molecule has 0 saturated carbocycles. The lowest BCUT2D eigenvalue weighted by molar-refractivity contribution is 0.211. The molecule has 2 aromatic heterocycles. The normalized spacial score (nSPS) is 17.0. The zero-order valence-electron chi connectivity index (χ0n) is 13.1. The third kappa shape index (κ3) is 2.46. The first-order valence-electron chi connectivity index (χ1n) is 7.61. The summed E-state index contributed by atoms with van der Waals surface area (Å²) in [6, 6.07) is 7.82. The van der Waals surface area contributed by atoms with Gasteiger partial charge in [0, 0.05) is 18.5 Å². The lowest BCUT2D eigenvalue weighted by Crippen LogP contribution is -2.38. The molecule has 6 heteroatoms. The van der Waals surface area contributed by atoms with E-state index in [4.69, 9.17) is 9.47 Å². The van der Waals surface area contributed by atoms with E-state index in [2.05, 4.69) is 21.8 Å². The number of fused-ring (bicyclic) bond motifs is 2. The average molecular weight is 310 g/mol. The Hall–Kier alpha value is -2.76. The van der Waals surface area contributed by atoms with Crippen LogP contribution in [0.4, 0.5) is 5.69 Å². The van der Waals surface area contributed by atoms with Gasteiger partial charge in [-0.2, -0.15) is 0 Å². The van der Waals surface area contributed by atoms with Crippen LogP contribution >= 0.6 is 0 Å². The van der Waals surface area contributed by atoms with Gasteiger partial charge in [-0.15, -0.1) is 0 Å². The van der Waals surface area contributed by atoms with Gasteiger partial charge in [-0.05, 0) is 25.1 Å². The van der Waals surface area contributed by atoms with Gasteiger partial charge >= 0.3 is 0 Å². The summed E-state index contributed by atoms with van der Waals surface area (Å²) in [7, 11) is 1.68. The predicted octanol–water partition coefficient (Wildman–Crippen LogP) is 2.53. The molecule has 0 bridgehead atoms. The number of anilines is 1. The highest BCUT2D eigenvalue weighted by atomic mass is 16.5. The maximum absolute atomic E-state index is 5.94. The highest BCUT2D eigenvalue weighted by Crippen LogP contribution is 2.37.